The topological polar surface area (TPSA) is 77.7 Å². The summed E-state index contributed by atoms with van der Waals surface area (Å²) < 4.78 is 16.2. The summed E-state index contributed by atoms with van der Waals surface area (Å²) >= 11 is 0. The van der Waals surface area contributed by atoms with Gasteiger partial charge in [0.15, 0.2) is 17.3 Å². The molecule has 148 valence electrons. The van der Waals surface area contributed by atoms with Crippen LogP contribution < -0.4 is 9.47 Å². The fourth-order valence-corrected chi connectivity index (χ4v) is 2.40. The Bertz CT molecular complexity index is 737. The molecule has 2 aromatic rings. The minimum atomic E-state index is -0.140. The number of hydrogen-bond donors (Lipinski definition) is 0. The van der Waals surface area contributed by atoms with Gasteiger partial charge in [-0.2, -0.15) is 4.98 Å². The van der Waals surface area contributed by atoms with Crippen molar-refractivity contribution in [2.45, 2.75) is 45.4 Å². The molecule has 2 rings (SSSR count). The summed E-state index contributed by atoms with van der Waals surface area (Å²) in [7, 11) is 3.38. The minimum Gasteiger partial charge on any atom is -0.493 e. The van der Waals surface area contributed by atoms with Gasteiger partial charge in [-0.05, 0) is 18.6 Å². The van der Waals surface area contributed by atoms with Crippen molar-refractivity contribution in [1.29, 1.82) is 0 Å². The lowest BCUT2D eigenvalue weighted by Crippen LogP contribution is -2.30. The smallest absolute Gasteiger partial charge is 0.226 e. The maximum absolute atomic E-state index is 12.2. The van der Waals surface area contributed by atoms with Gasteiger partial charge >= 0.3 is 0 Å². The summed E-state index contributed by atoms with van der Waals surface area (Å²) in [6, 6.07) is 7.45. The van der Waals surface area contributed by atoms with E-state index in [4.69, 9.17) is 14.0 Å². The average Bonchev–Trinajstić information content (AvgIpc) is 3.11. The zero-order valence-corrected chi connectivity index (χ0v) is 16.8. The molecule has 7 heteroatoms. The van der Waals surface area contributed by atoms with Crippen LogP contribution in [-0.4, -0.2) is 48.3 Å². The van der Waals surface area contributed by atoms with Crippen molar-refractivity contribution in [1.82, 2.24) is 15.0 Å². The number of carbonyl (C=O) groups is 1. The van der Waals surface area contributed by atoms with E-state index in [2.05, 4.69) is 10.1 Å². The predicted octanol–water partition coefficient (Wildman–Crippen LogP) is 3.24. The highest BCUT2D eigenvalue weighted by Crippen LogP contribution is 2.25. The fraction of sp³-hybridized carbons (Fsp3) is 0.550. The highest BCUT2D eigenvalue weighted by molar-refractivity contribution is 5.75. The van der Waals surface area contributed by atoms with E-state index in [1.165, 1.54) is 0 Å². The lowest BCUT2D eigenvalue weighted by atomic mass is 9.96. The molecule has 27 heavy (non-hydrogen) atoms. The van der Waals surface area contributed by atoms with Crippen molar-refractivity contribution >= 4 is 5.91 Å². The van der Waals surface area contributed by atoms with Crippen molar-refractivity contribution in [3.63, 3.8) is 0 Å². The third-order valence-corrected chi connectivity index (χ3v) is 4.10. The van der Waals surface area contributed by atoms with Crippen LogP contribution in [0.4, 0.5) is 0 Å². The zero-order chi connectivity index (χ0) is 19.9. The van der Waals surface area contributed by atoms with Gasteiger partial charge in [0, 0.05) is 25.3 Å². The standard InChI is InChI=1S/C20H29N3O4/c1-20(2,3)19-21-17(27-22-19)11-8-12-18(24)23(4)13-14-26-16-10-7-6-9-15(16)25-5/h6-7,9-10H,8,11-14H2,1-5H3. The van der Waals surface area contributed by atoms with Crippen LogP contribution in [0.3, 0.4) is 0 Å². The molecule has 0 saturated heterocycles. The molecule has 0 aliphatic heterocycles. The van der Waals surface area contributed by atoms with E-state index in [1.54, 1.807) is 19.1 Å². The molecule has 1 heterocycles. The highest BCUT2D eigenvalue weighted by Gasteiger charge is 2.21. The normalized spacial score (nSPS) is 11.3. The van der Waals surface area contributed by atoms with Crippen molar-refractivity contribution < 1.29 is 18.8 Å². The first-order valence-corrected chi connectivity index (χ1v) is 9.14. The molecule has 0 spiro atoms. The third-order valence-electron chi connectivity index (χ3n) is 4.10. The van der Waals surface area contributed by atoms with Crippen LogP contribution in [0, 0.1) is 0 Å². The number of hydrogen-bond acceptors (Lipinski definition) is 6. The Kier molecular flexibility index (Phi) is 7.21. The number of aromatic nitrogens is 2. The number of para-hydroxylation sites is 2. The summed E-state index contributed by atoms with van der Waals surface area (Å²) in [5.74, 6) is 2.69. The van der Waals surface area contributed by atoms with Gasteiger partial charge in [0.2, 0.25) is 11.8 Å². The SMILES string of the molecule is COc1ccccc1OCCN(C)C(=O)CCCc1nc(C(C)(C)C)no1. The summed E-state index contributed by atoms with van der Waals surface area (Å²) in [5, 5.41) is 4.00. The van der Waals surface area contributed by atoms with E-state index in [9.17, 15) is 4.79 Å². The quantitative estimate of drug-likeness (QED) is 0.670. The van der Waals surface area contributed by atoms with E-state index in [1.807, 2.05) is 45.0 Å². The Morgan fingerprint density at radius 2 is 1.93 bits per heavy atom. The van der Waals surface area contributed by atoms with Crippen LogP contribution in [-0.2, 0) is 16.6 Å². The molecule has 0 N–H and O–H groups in total. The Labute approximate surface area is 160 Å². The number of benzene rings is 1. The van der Waals surface area contributed by atoms with Gasteiger partial charge in [0.1, 0.15) is 6.61 Å². The molecule has 0 bridgehead atoms. The fourth-order valence-electron chi connectivity index (χ4n) is 2.40. The van der Waals surface area contributed by atoms with Gasteiger partial charge in [-0.15, -0.1) is 0 Å². The number of methoxy groups -OCH3 is 1. The van der Waals surface area contributed by atoms with Gasteiger partial charge in [-0.3, -0.25) is 4.79 Å². The molecule has 7 nitrogen and oxygen atoms in total. The summed E-state index contributed by atoms with van der Waals surface area (Å²) in [6.45, 7) is 7.01. The largest absolute Gasteiger partial charge is 0.493 e. The maximum atomic E-state index is 12.2. The number of nitrogens with zero attached hydrogens (tertiary/aromatic N) is 3. The first-order chi connectivity index (χ1) is 12.8. The number of likely N-dealkylation sites (N-methyl/N-ethyl adjacent to an activating group) is 1. The molecule has 0 fully saturated rings. The number of ether oxygens (including phenoxy) is 2. The molecule has 0 aliphatic carbocycles. The Balaban J connectivity index is 1.70. The van der Waals surface area contributed by atoms with Crippen LogP contribution in [0.15, 0.2) is 28.8 Å². The third kappa shape index (κ3) is 6.27. The predicted molar refractivity (Wildman–Crippen MR) is 102 cm³/mol. The molecule has 1 aromatic carbocycles. The van der Waals surface area contributed by atoms with Crippen molar-refractivity contribution in [2.75, 3.05) is 27.3 Å². The molecular weight excluding hydrogens is 346 g/mol. The molecule has 1 amide bonds. The lowest BCUT2D eigenvalue weighted by molar-refractivity contribution is -0.130. The van der Waals surface area contributed by atoms with Gasteiger partial charge < -0.3 is 18.9 Å². The van der Waals surface area contributed by atoms with E-state index in [0.29, 0.717) is 55.6 Å². The maximum Gasteiger partial charge on any atom is 0.226 e. The minimum absolute atomic E-state index is 0.0641. The van der Waals surface area contributed by atoms with Crippen LogP contribution in [0.5, 0.6) is 11.5 Å². The Morgan fingerprint density at radius 3 is 2.56 bits per heavy atom. The van der Waals surface area contributed by atoms with E-state index in [0.717, 1.165) is 0 Å². The van der Waals surface area contributed by atoms with Gasteiger partial charge in [-0.1, -0.05) is 38.1 Å². The van der Waals surface area contributed by atoms with E-state index >= 15 is 0 Å². The molecule has 0 unspecified atom stereocenters. The Hall–Kier alpha value is -2.57. The summed E-state index contributed by atoms with van der Waals surface area (Å²) in [4.78, 5) is 18.3. The van der Waals surface area contributed by atoms with E-state index in [-0.39, 0.29) is 11.3 Å². The average molecular weight is 375 g/mol. The molecule has 0 saturated carbocycles. The van der Waals surface area contributed by atoms with Gasteiger partial charge in [0.05, 0.1) is 13.7 Å². The second-order valence-electron chi connectivity index (χ2n) is 7.43. The van der Waals surface area contributed by atoms with Gasteiger partial charge in [0.25, 0.3) is 0 Å². The number of aryl methyl sites for hydroxylation is 1. The van der Waals surface area contributed by atoms with E-state index < -0.39 is 0 Å². The second kappa shape index (κ2) is 9.39. The van der Waals surface area contributed by atoms with Crippen LogP contribution in [0.1, 0.15) is 45.3 Å². The highest BCUT2D eigenvalue weighted by atomic mass is 16.5. The molecule has 0 aliphatic rings. The monoisotopic (exact) mass is 375 g/mol. The van der Waals surface area contributed by atoms with Crippen LogP contribution in [0.25, 0.3) is 0 Å². The number of amides is 1. The molecule has 0 radical (unpaired) electrons. The molecule has 0 atom stereocenters. The zero-order valence-electron chi connectivity index (χ0n) is 16.8. The first kappa shape index (κ1) is 20.7. The second-order valence-corrected chi connectivity index (χ2v) is 7.43. The first-order valence-electron chi connectivity index (χ1n) is 9.14. The Morgan fingerprint density at radius 1 is 1.22 bits per heavy atom. The van der Waals surface area contributed by atoms with Gasteiger partial charge in [-0.25, -0.2) is 0 Å². The van der Waals surface area contributed by atoms with Crippen LogP contribution >= 0.6 is 0 Å². The van der Waals surface area contributed by atoms with Crippen molar-refractivity contribution in [2.24, 2.45) is 0 Å². The number of rotatable bonds is 9. The molecular formula is C20H29N3O4. The van der Waals surface area contributed by atoms with Crippen molar-refractivity contribution in [3.05, 3.63) is 36.0 Å². The summed E-state index contributed by atoms with van der Waals surface area (Å²) in [6.07, 6.45) is 1.70. The molecule has 1 aromatic heterocycles. The van der Waals surface area contributed by atoms with Crippen molar-refractivity contribution in [3.8, 4) is 11.5 Å². The van der Waals surface area contributed by atoms with Crippen LogP contribution in [0.2, 0.25) is 0 Å². The number of carbonyl (C=O) groups excluding carboxylic acids is 1. The lowest BCUT2D eigenvalue weighted by Gasteiger charge is -2.18. The summed E-state index contributed by atoms with van der Waals surface area (Å²) in [5.41, 5.74) is -0.140.